The molecular formula is C20H18N2O3S. The molecule has 26 heavy (non-hydrogen) atoms. The Kier molecular flexibility index (Phi) is 5.43. The van der Waals surface area contributed by atoms with Crippen LogP contribution in [0.2, 0.25) is 0 Å². The number of amides is 1. The minimum atomic E-state index is -0.439. The second-order valence-corrected chi connectivity index (χ2v) is 6.90. The molecule has 0 aliphatic heterocycles. The molecule has 0 saturated carbocycles. The molecule has 0 atom stereocenters. The molecule has 2 aromatic carbocycles. The fraction of sp³-hybridized carbons (Fsp3) is 0.150. The molecule has 0 fully saturated rings. The van der Waals surface area contributed by atoms with Gasteiger partial charge in [-0.3, -0.25) is 4.79 Å². The van der Waals surface area contributed by atoms with Gasteiger partial charge >= 0.3 is 5.97 Å². The lowest BCUT2D eigenvalue weighted by atomic mass is 10.1. The van der Waals surface area contributed by atoms with Crippen LogP contribution in [0.4, 0.5) is 5.69 Å². The number of benzene rings is 2. The van der Waals surface area contributed by atoms with E-state index in [9.17, 15) is 9.59 Å². The lowest BCUT2D eigenvalue weighted by Crippen LogP contribution is -2.10. The van der Waals surface area contributed by atoms with Crippen LogP contribution in [0.15, 0.2) is 54.7 Å². The fourth-order valence-electron chi connectivity index (χ4n) is 2.38. The highest BCUT2D eigenvalue weighted by atomic mass is 32.1. The Hall–Kier alpha value is -2.99. The van der Waals surface area contributed by atoms with E-state index in [0.29, 0.717) is 11.3 Å². The normalized spacial score (nSPS) is 10.4. The van der Waals surface area contributed by atoms with Gasteiger partial charge in [0.25, 0.3) is 0 Å². The molecule has 0 aliphatic rings. The summed E-state index contributed by atoms with van der Waals surface area (Å²) >= 11 is 1.49. The maximum Gasteiger partial charge on any atom is 0.338 e. The molecule has 5 nitrogen and oxygen atoms in total. The summed E-state index contributed by atoms with van der Waals surface area (Å²) in [7, 11) is 0. The maximum atomic E-state index is 12.3. The summed E-state index contributed by atoms with van der Waals surface area (Å²) in [5.41, 5.74) is 2.92. The first-order chi connectivity index (χ1) is 12.5. The Bertz CT molecular complexity index is 935. The van der Waals surface area contributed by atoms with Crippen molar-refractivity contribution in [2.45, 2.75) is 20.5 Å². The zero-order valence-corrected chi connectivity index (χ0v) is 15.3. The Morgan fingerprint density at radius 1 is 1.15 bits per heavy atom. The second kappa shape index (κ2) is 7.93. The minimum absolute atomic E-state index is 0.159. The molecule has 0 bridgehead atoms. The number of rotatable bonds is 5. The van der Waals surface area contributed by atoms with E-state index >= 15 is 0 Å². The molecule has 1 aromatic heterocycles. The summed E-state index contributed by atoms with van der Waals surface area (Å²) in [5, 5.41) is 3.60. The summed E-state index contributed by atoms with van der Waals surface area (Å²) in [6.45, 7) is 3.45. The highest BCUT2D eigenvalue weighted by molar-refractivity contribution is 7.15. The van der Waals surface area contributed by atoms with E-state index in [-0.39, 0.29) is 12.5 Å². The number of carbonyl (C=O) groups is 2. The fourth-order valence-corrected chi connectivity index (χ4v) is 3.21. The van der Waals surface area contributed by atoms with Gasteiger partial charge in [0.15, 0.2) is 0 Å². The number of carbonyl (C=O) groups excluding carboxylic acids is 2. The van der Waals surface area contributed by atoms with Crippen molar-refractivity contribution < 1.29 is 14.3 Å². The van der Waals surface area contributed by atoms with Gasteiger partial charge in [-0.25, -0.2) is 9.78 Å². The van der Waals surface area contributed by atoms with Crippen LogP contribution in [0.5, 0.6) is 0 Å². The van der Waals surface area contributed by atoms with Crippen molar-refractivity contribution in [3.05, 3.63) is 70.7 Å². The minimum Gasteiger partial charge on any atom is -0.456 e. The van der Waals surface area contributed by atoms with Gasteiger partial charge in [0, 0.05) is 24.4 Å². The first kappa shape index (κ1) is 17.8. The van der Waals surface area contributed by atoms with Gasteiger partial charge in [-0.15, -0.1) is 11.3 Å². The van der Waals surface area contributed by atoms with Crippen molar-refractivity contribution in [2.24, 2.45) is 0 Å². The average molecular weight is 366 g/mol. The van der Waals surface area contributed by atoms with Crippen LogP contribution in [0.3, 0.4) is 0 Å². The lowest BCUT2D eigenvalue weighted by molar-refractivity contribution is -0.114. The van der Waals surface area contributed by atoms with Gasteiger partial charge in [-0.2, -0.15) is 0 Å². The van der Waals surface area contributed by atoms with Crippen LogP contribution in [0.25, 0.3) is 10.6 Å². The number of anilines is 1. The SMILES string of the molecule is CC(=O)Nc1cc(C(=O)OCc2cnc(-c3ccccc3)s2)ccc1C. The monoisotopic (exact) mass is 366 g/mol. The van der Waals surface area contributed by atoms with Gasteiger partial charge in [0.1, 0.15) is 11.6 Å². The molecule has 1 N–H and O–H groups in total. The lowest BCUT2D eigenvalue weighted by Gasteiger charge is -2.09. The number of aryl methyl sites for hydroxylation is 1. The van der Waals surface area contributed by atoms with E-state index in [4.69, 9.17) is 4.74 Å². The molecule has 0 unspecified atom stereocenters. The summed E-state index contributed by atoms with van der Waals surface area (Å²) in [6, 6.07) is 14.9. The van der Waals surface area contributed by atoms with E-state index in [2.05, 4.69) is 10.3 Å². The molecule has 3 rings (SSSR count). The van der Waals surface area contributed by atoms with Crippen molar-refractivity contribution in [3.63, 3.8) is 0 Å². The Labute approximate surface area is 155 Å². The van der Waals surface area contributed by atoms with Crippen LogP contribution in [-0.4, -0.2) is 16.9 Å². The van der Waals surface area contributed by atoms with Crippen LogP contribution in [0.1, 0.15) is 27.7 Å². The Morgan fingerprint density at radius 2 is 1.92 bits per heavy atom. The first-order valence-corrected chi connectivity index (χ1v) is 8.90. The molecule has 0 spiro atoms. The Balaban J connectivity index is 1.66. The number of thiazole rings is 1. The Morgan fingerprint density at radius 3 is 2.65 bits per heavy atom. The maximum absolute atomic E-state index is 12.3. The molecule has 0 radical (unpaired) electrons. The molecule has 0 aliphatic carbocycles. The number of nitrogens with zero attached hydrogens (tertiary/aromatic N) is 1. The molecule has 3 aromatic rings. The summed E-state index contributed by atoms with van der Waals surface area (Å²) in [5.74, 6) is -0.622. The average Bonchev–Trinajstić information content (AvgIpc) is 3.11. The summed E-state index contributed by atoms with van der Waals surface area (Å²) < 4.78 is 5.38. The highest BCUT2D eigenvalue weighted by Crippen LogP contribution is 2.25. The molecule has 1 heterocycles. The van der Waals surface area contributed by atoms with E-state index < -0.39 is 5.97 Å². The molecular weight excluding hydrogens is 348 g/mol. The zero-order valence-electron chi connectivity index (χ0n) is 14.5. The molecule has 6 heteroatoms. The van der Waals surface area contributed by atoms with Gasteiger partial charge < -0.3 is 10.1 Å². The van der Waals surface area contributed by atoms with Crippen LogP contribution in [0, 0.1) is 6.92 Å². The van der Waals surface area contributed by atoms with E-state index in [1.54, 1.807) is 24.4 Å². The van der Waals surface area contributed by atoms with Crippen LogP contribution < -0.4 is 5.32 Å². The van der Waals surface area contributed by atoms with Crippen LogP contribution in [-0.2, 0) is 16.1 Å². The number of aromatic nitrogens is 1. The van der Waals surface area contributed by atoms with Gasteiger partial charge in [-0.05, 0) is 24.6 Å². The number of hydrogen-bond donors (Lipinski definition) is 1. The van der Waals surface area contributed by atoms with Gasteiger partial charge in [0.2, 0.25) is 5.91 Å². The third kappa shape index (κ3) is 4.34. The molecule has 0 saturated heterocycles. The van der Waals surface area contributed by atoms with Crippen molar-refractivity contribution >= 4 is 28.9 Å². The van der Waals surface area contributed by atoms with Gasteiger partial charge in [0.05, 0.1) is 10.4 Å². The topological polar surface area (TPSA) is 68.3 Å². The molecule has 1 amide bonds. The van der Waals surface area contributed by atoms with E-state index in [0.717, 1.165) is 21.0 Å². The van der Waals surface area contributed by atoms with Crippen molar-refractivity contribution in [2.75, 3.05) is 5.32 Å². The number of esters is 1. The van der Waals surface area contributed by atoms with Crippen molar-refractivity contribution in [1.82, 2.24) is 4.98 Å². The summed E-state index contributed by atoms with van der Waals surface area (Å²) in [6.07, 6.45) is 1.72. The third-order valence-electron chi connectivity index (χ3n) is 3.70. The highest BCUT2D eigenvalue weighted by Gasteiger charge is 2.12. The number of nitrogens with one attached hydrogen (secondary N) is 1. The predicted molar refractivity (Wildman–Crippen MR) is 102 cm³/mol. The molecule has 132 valence electrons. The first-order valence-electron chi connectivity index (χ1n) is 8.08. The van der Waals surface area contributed by atoms with Gasteiger partial charge in [-0.1, -0.05) is 36.4 Å². The third-order valence-corrected chi connectivity index (χ3v) is 4.72. The number of hydrogen-bond acceptors (Lipinski definition) is 5. The van der Waals surface area contributed by atoms with Crippen molar-refractivity contribution in [1.29, 1.82) is 0 Å². The predicted octanol–water partition coefficient (Wildman–Crippen LogP) is 4.43. The largest absolute Gasteiger partial charge is 0.456 e. The smallest absolute Gasteiger partial charge is 0.338 e. The van der Waals surface area contributed by atoms with E-state index in [1.807, 2.05) is 37.3 Å². The standard InChI is InChI=1S/C20H18N2O3S/c1-13-8-9-16(10-18(13)22-14(2)23)20(24)25-12-17-11-21-19(26-17)15-6-4-3-5-7-15/h3-11H,12H2,1-2H3,(H,22,23). The number of ether oxygens (including phenoxy) is 1. The zero-order chi connectivity index (χ0) is 18.5. The van der Waals surface area contributed by atoms with Crippen LogP contribution >= 0.6 is 11.3 Å². The quantitative estimate of drug-likeness (QED) is 0.678. The second-order valence-electron chi connectivity index (χ2n) is 5.78. The van der Waals surface area contributed by atoms with Crippen molar-refractivity contribution in [3.8, 4) is 10.6 Å². The summed E-state index contributed by atoms with van der Waals surface area (Å²) in [4.78, 5) is 28.8. The van der Waals surface area contributed by atoms with E-state index in [1.165, 1.54) is 18.3 Å².